The molecule has 0 fully saturated rings. The molecule has 3 rings (SSSR count). The van der Waals surface area contributed by atoms with E-state index in [1.165, 1.54) is 11.0 Å². The third kappa shape index (κ3) is 6.08. The van der Waals surface area contributed by atoms with Gasteiger partial charge in [-0.1, -0.05) is 60.1 Å². The number of nitrogens with zero attached hydrogens (tertiary/aromatic N) is 3. The molecule has 0 aliphatic carbocycles. The molecule has 3 aromatic rings. The molecule has 0 N–H and O–H groups in total. The average Bonchev–Trinajstić information content (AvgIpc) is 3.05. The summed E-state index contributed by atoms with van der Waals surface area (Å²) >= 11 is 6.26. The van der Waals surface area contributed by atoms with Gasteiger partial charge in [0.2, 0.25) is 0 Å². The molecule has 1 aromatic heterocycles. The average molecular weight is 452 g/mol. The van der Waals surface area contributed by atoms with Gasteiger partial charge >= 0.3 is 5.97 Å². The predicted octanol–water partition coefficient (Wildman–Crippen LogP) is 4.42. The van der Waals surface area contributed by atoms with Crippen molar-refractivity contribution in [2.45, 2.75) is 26.9 Å². The van der Waals surface area contributed by atoms with E-state index in [4.69, 9.17) is 16.3 Å². The molecule has 32 heavy (non-hydrogen) atoms. The molecule has 1 heterocycles. The summed E-state index contributed by atoms with van der Waals surface area (Å²) in [4.78, 5) is 25.9. The Morgan fingerprint density at radius 2 is 1.78 bits per heavy atom. The molecule has 0 atom stereocenters. The first-order valence-corrected chi connectivity index (χ1v) is 10.6. The van der Waals surface area contributed by atoms with Crippen molar-refractivity contribution in [2.24, 2.45) is 0 Å². The van der Waals surface area contributed by atoms with E-state index >= 15 is 0 Å². The van der Waals surface area contributed by atoms with Crippen molar-refractivity contribution in [1.82, 2.24) is 14.7 Å². The van der Waals surface area contributed by atoms with E-state index in [-0.39, 0.29) is 12.5 Å². The Bertz CT molecular complexity index is 1120. The van der Waals surface area contributed by atoms with Crippen LogP contribution < -0.4 is 0 Å². The largest absolute Gasteiger partial charge is 0.452 e. The maximum atomic E-state index is 12.2. The second-order valence-electron chi connectivity index (χ2n) is 7.51. The Morgan fingerprint density at radius 3 is 2.50 bits per heavy atom. The highest BCUT2D eigenvalue weighted by Gasteiger charge is 2.13. The fourth-order valence-corrected chi connectivity index (χ4v) is 3.48. The number of halogens is 1. The number of aromatic nitrogens is 2. The molecule has 0 spiro atoms. The zero-order valence-corrected chi connectivity index (χ0v) is 19.2. The minimum atomic E-state index is -0.580. The van der Waals surface area contributed by atoms with Gasteiger partial charge in [-0.15, -0.1) is 0 Å². The number of hydrogen-bond donors (Lipinski definition) is 0. The Balaban J connectivity index is 1.56. The molecule has 0 aliphatic rings. The van der Waals surface area contributed by atoms with Gasteiger partial charge in [-0.05, 0) is 37.1 Å². The fourth-order valence-electron chi connectivity index (χ4n) is 3.28. The van der Waals surface area contributed by atoms with E-state index in [0.717, 1.165) is 28.1 Å². The topological polar surface area (TPSA) is 64.4 Å². The predicted molar refractivity (Wildman–Crippen MR) is 125 cm³/mol. The summed E-state index contributed by atoms with van der Waals surface area (Å²) in [5.41, 5.74) is 4.51. The summed E-state index contributed by atoms with van der Waals surface area (Å²) in [7, 11) is 1.68. The minimum Gasteiger partial charge on any atom is -0.452 e. The SMILES string of the molecule is Cc1nn(Cc2ccccc2Cl)c(C)c1/C=C/C(=O)OCC(=O)N(C)Cc1ccccc1. The molecule has 0 unspecified atom stereocenters. The molecule has 1 amide bonds. The van der Waals surface area contributed by atoms with Crippen LogP contribution >= 0.6 is 11.6 Å². The number of ether oxygens (including phenoxy) is 1. The van der Waals surface area contributed by atoms with Crippen LogP contribution in [0.4, 0.5) is 0 Å². The van der Waals surface area contributed by atoms with Crippen molar-refractivity contribution >= 4 is 29.6 Å². The molecule has 166 valence electrons. The molecule has 2 aromatic carbocycles. The van der Waals surface area contributed by atoms with Crippen LogP contribution in [0.25, 0.3) is 6.08 Å². The van der Waals surface area contributed by atoms with Crippen LogP contribution in [0.5, 0.6) is 0 Å². The summed E-state index contributed by atoms with van der Waals surface area (Å²) < 4.78 is 6.97. The maximum Gasteiger partial charge on any atom is 0.331 e. The molecular formula is C25H26ClN3O3. The fraction of sp³-hybridized carbons (Fsp3) is 0.240. The highest BCUT2D eigenvalue weighted by atomic mass is 35.5. The quantitative estimate of drug-likeness (QED) is 0.375. The number of carbonyl (C=O) groups excluding carboxylic acids is 2. The van der Waals surface area contributed by atoms with Crippen LogP contribution in [0.2, 0.25) is 5.02 Å². The Kier molecular flexibility index (Phi) is 7.84. The zero-order chi connectivity index (χ0) is 23.1. The van der Waals surface area contributed by atoms with Crippen molar-refractivity contribution in [3.8, 4) is 0 Å². The van der Waals surface area contributed by atoms with Crippen molar-refractivity contribution < 1.29 is 14.3 Å². The first-order valence-electron chi connectivity index (χ1n) is 10.2. The molecular weight excluding hydrogens is 426 g/mol. The summed E-state index contributed by atoms with van der Waals surface area (Å²) in [6.45, 7) is 4.49. The standard InChI is InChI=1S/C25H26ClN3O3/c1-18-22(19(2)29(27-18)16-21-11-7-8-12-23(21)26)13-14-25(31)32-17-24(30)28(3)15-20-9-5-4-6-10-20/h4-14H,15-17H2,1-3H3/b14-13+. The Labute approximate surface area is 193 Å². The summed E-state index contributed by atoms with van der Waals surface area (Å²) in [6.07, 6.45) is 2.99. The second-order valence-corrected chi connectivity index (χ2v) is 7.92. The third-order valence-corrected chi connectivity index (χ3v) is 5.50. The van der Waals surface area contributed by atoms with Crippen LogP contribution in [0.15, 0.2) is 60.7 Å². The lowest BCUT2D eigenvalue weighted by Crippen LogP contribution is -2.30. The van der Waals surface area contributed by atoms with Crippen molar-refractivity contribution in [3.05, 3.63) is 93.8 Å². The van der Waals surface area contributed by atoms with Gasteiger partial charge in [-0.25, -0.2) is 4.79 Å². The highest BCUT2D eigenvalue weighted by Crippen LogP contribution is 2.20. The van der Waals surface area contributed by atoms with Gasteiger partial charge in [0.25, 0.3) is 5.91 Å². The van der Waals surface area contributed by atoms with E-state index in [2.05, 4.69) is 5.10 Å². The monoisotopic (exact) mass is 451 g/mol. The number of benzene rings is 2. The number of amides is 1. The lowest BCUT2D eigenvalue weighted by molar-refractivity contribution is -0.147. The summed E-state index contributed by atoms with van der Waals surface area (Å²) in [5, 5.41) is 5.24. The van der Waals surface area contributed by atoms with E-state index in [0.29, 0.717) is 18.1 Å². The number of hydrogen-bond acceptors (Lipinski definition) is 4. The second kappa shape index (κ2) is 10.8. The van der Waals surface area contributed by atoms with Crippen LogP contribution in [0.1, 0.15) is 28.1 Å². The van der Waals surface area contributed by atoms with Crippen LogP contribution in [0.3, 0.4) is 0 Å². The molecule has 0 bridgehead atoms. The van der Waals surface area contributed by atoms with Crippen LogP contribution in [0, 0.1) is 13.8 Å². The third-order valence-electron chi connectivity index (χ3n) is 5.13. The van der Waals surface area contributed by atoms with E-state index in [9.17, 15) is 9.59 Å². The number of carbonyl (C=O) groups is 2. The number of esters is 1. The Hall–Kier alpha value is -3.38. The van der Waals surface area contributed by atoms with E-state index in [1.807, 2.05) is 73.1 Å². The maximum absolute atomic E-state index is 12.2. The Morgan fingerprint density at radius 1 is 1.09 bits per heavy atom. The number of aryl methyl sites for hydroxylation is 1. The lowest BCUT2D eigenvalue weighted by Gasteiger charge is -2.16. The first-order chi connectivity index (χ1) is 15.3. The first kappa shape index (κ1) is 23.3. The molecule has 0 saturated heterocycles. The van der Waals surface area contributed by atoms with Gasteiger partial charge < -0.3 is 9.64 Å². The van der Waals surface area contributed by atoms with Gasteiger partial charge in [0.05, 0.1) is 12.2 Å². The molecule has 0 saturated carbocycles. The molecule has 7 heteroatoms. The summed E-state index contributed by atoms with van der Waals surface area (Å²) in [6, 6.07) is 17.3. The smallest absolute Gasteiger partial charge is 0.331 e. The van der Waals surface area contributed by atoms with E-state index in [1.54, 1.807) is 13.1 Å². The number of rotatable bonds is 8. The van der Waals surface area contributed by atoms with Gasteiger partial charge in [0, 0.05) is 35.9 Å². The van der Waals surface area contributed by atoms with Crippen molar-refractivity contribution in [1.29, 1.82) is 0 Å². The van der Waals surface area contributed by atoms with Crippen molar-refractivity contribution in [3.63, 3.8) is 0 Å². The molecule has 6 nitrogen and oxygen atoms in total. The van der Waals surface area contributed by atoms with Gasteiger partial charge in [-0.3, -0.25) is 9.48 Å². The minimum absolute atomic E-state index is 0.268. The number of likely N-dealkylation sites (N-methyl/N-ethyl adjacent to an activating group) is 1. The van der Waals surface area contributed by atoms with Crippen LogP contribution in [-0.4, -0.2) is 40.2 Å². The van der Waals surface area contributed by atoms with Crippen LogP contribution in [-0.2, 0) is 27.4 Å². The van der Waals surface area contributed by atoms with Crippen molar-refractivity contribution in [2.75, 3.05) is 13.7 Å². The highest BCUT2D eigenvalue weighted by molar-refractivity contribution is 6.31. The summed E-state index contributed by atoms with van der Waals surface area (Å²) in [5.74, 6) is -0.848. The molecule has 0 aliphatic heterocycles. The van der Waals surface area contributed by atoms with Gasteiger partial charge in [0.1, 0.15) is 0 Å². The van der Waals surface area contributed by atoms with Gasteiger partial charge in [0.15, 0.2) is 6.61 Å². The lowest BCUT2D eigenvalue weighted by atomic mass is 10.1. The van der Waals surface area contributed by atoms with E-state index < -0.39 is 5.97 Å². The van der Waals surface area contributed by atoms with Gasteiger partial charge in [-0.2, -0.15) is 5.10 Å². The zero-order valence-electron chi connectivity index (χ0n) is 18.4. The molecule has 0 radical (unpaired) electrons. The normalized spacial score (nSPS) is 11.0.